The van der Waals surface area contributed by atoms with Gasteiger partial charge in [0.15, 0.2) is 0 Å². The minimum atomic E-state index is -0.522. The molecule has 1 saturated heterocycles. The van der Waals surface area contributed by atoms with Crippen molar-refractivity contribution in [3.8, 4) is 0 Å². The van der Waals surface area contributed by atoms with Crippen LogP contribution in [0.2, 0.25) is 0 Å². The van der Waals surface area contributed by atoms with Gasteiger partial charge in [0, 0.05) is 11.9 Å². The first-order valence-electron chi connectivity index (χ1n) is 8.09. The summed E-state index contributed by atoms with van der Waals surface area (Å²) in [6.45, 7) is 4.64. The lowest BCUT2D eigenvalue weighted by molar-refractivity contribution is -0.142. The number of nitrogens with zero attached hydrogens (tertiary/aromatic N) is 1. The summed E-state index contributed by atoms with van der Waals surface area (Å²) in [5, 5.41) is 0. The minimum Gasteiger partial charge on any atom is -0.455 e. The Morgan fingerprint density at radius 1 is 1.45 bits per heavy atom. The molecule has 4 atom stereocenters. The summed E-state index contributed by atoms with van der Waals surface area (Å²) in [6, 6.07) is 3.96. The highest BCUT2D eigenvalue weighted by atomic mass is 16.6. The Labute approximate surface area is 130 Å². The van der Waals surface area contributed by atoms with Gasteiger partial charge in [-0.05, 0) is 49.7 Å². The van der Waals surface area contributed by atoms with E-state index in [1.807, 2.05) is 19.1 Å². The molecule has 22 heavy (non-hydrogen) atoms. The van der Waals surface area contributed by atoms with Crippen LogP contribution in [0.25, 0.3) is 0 Å². The third-order valence-corrected chi connectivity index (χ3v) is 5.44. The van der Waals surface area contributed by atoms with E-state index < -0.39 is 5.60 Å². The normalized spacial score (nSPS) is 36.0. The van der Waals surface area contributed by atoms with Crippen LogP contribution < -0.4 is 0 Å². The lowest BCUT2D eigenvalue weighted by Crippen LogP contribution is -2.46. The number of carbonyl (C=O) groups is 1. The summed E-state index contributed by atoms with van der Waals surface area (Å²) in [7, 11) is 0. The lowest BCUT2D eigenvalue weighted by Gasteiger charge is -2.38. The number of allylic oxidation sites excluding steroid dienone is 1. The van der Waals surface area contributed by atoms with Crippen molar-refractivity contribution in [3.63, 3.8) is 0 Å². The average molecular weight is 299 g/mol. The van der Waals surface area contributed by atoms with Crippen molar-refractivity contribution in [2.75, 3.05) is 0 Å². The van der Waals surface area contributed by atoms with Gasteiger partial charge in [0.25, 0.3) is 0 Å². The van der Waals surface area contributed by atoms with Crippen molar-refractivity contribution in [2.24, 2.45) is 11.8 Å². The second kappa shape index (κ2) is 4.92. The number of hydrogen-bond donors (Lipinski definition) is 0. The van der Waals surface area contributed by atoms with Gasteiger partial charge in [-0.1, -0.05) is 19.1 Å². The number of hydrogen-bond acceptors (Lipinski definition) is 4. The van der Waals surface area contributed by atoms with Gasteiger partial charge in [0.1, 0.15) is 11.7 Å². The van der Waals surface area contributed by atoms with Gasteiger partial charge in [-0.2, -0.15) is 0 Å². The molecule has 0 spiro atoms. The van der Waals surface area contributed by atoms with Gasteiger partial charge in [-0.3, -0.25) is 4.98 Å². The number of rotatable bonds is 3. The first kappa shape index (κ1) is 13.9. The van der Waals surface area contributed by atoms with Gasteiger partial charge >= 0.3 is 5.97 Å². The van der Waals surface area contributed by atoms with Crippen molar-refractivity contribution in [3.05, 3.63) is 41.2 Å². The molecule has 1 aromatic rings. The van der Waals surface area contributed by atoms with Crippen LogP contribution in [0.4, 0.5) is 0 Å². The van der Waals surface area contributed by atoms with Crippen LogP contribution in [0.3, 0.4) is 0 Å². The van der Waals surface area contributed by atoms with Crippen LogP contribution in [0.15, 0.2) is 30.0 Å². The summed E-state index contributed by atoms with van der Waals surface area (Å²) in [6.07, 6.45) is 6.80. The Morgan fingerprint density at radius 3 is 3.14 bits per heavy atom. The van der Waals surface area contributed by atoms with Crippen LogP contribution in [-0.4, -0.2) is 22.7 Å². The monoisotopic (exact) mass is 299 g/mol. The highest BCUT2D eigenvalue weighted by Crippen LogP contribution is 2.55. The van der Waals surface area contributed by atoms with Crippen LogP contribution >= 0.6 is 0 Å². The van der Waals surface area contributed by atoms with Crippen molar-refractivity contribution in [1.82, 2.24) is 4.98 Å². The zero-order valence-corrected chi connectivity index (χ0v) is 13.0. The smallest absolute Gasteiger partial charge is 0.337 e. The van der Waals surface area contributed by atoms with E-state index in [4.69, 9.17) is 9.47 Å². The third kappa shape index (κ3) is 1.86. The van der Waals surface area contributed by atoms with Gasteiger partial charge in [-0.15, -0.1) is 0 Å². The maximum Gasteiger partial charge on any atom is 0.337 e. The SMILES string of the molecule is Cc1ncccc1CO[C@]12C3=C[C@@H](C)CC1CC[C@H]2OC3=O. The fourth-order valence-corrected chi connectivity index (χ4v) is 4.38. The number of aryl methyl sites for hydroxylation is 1. The van der Waals surface area contributed by atoms with Gasteiger partial charge in [0.05, 0.1) is 12.2 Å². The Kier molecular flexibility index (Phi) is 3.12. The molecule has 1 unspecified atom stereocenters. The quantitative estimate of drug-likeness (QED) is 0.805. The Balaban J connectivity index is 1.68. The molecule has 1 saturated carbocycles. The zero-order chi connectivity index (χ0) is 15.3. The Bertz CT molecular complexity index is 653. The first-order valence-corrected chi connectivity index (χ1v) is 8.09. The topological polar surface area (TPSA) is 48.4 Å². The second-order valence-corrected chi connectivity index (χ2v) is 6.79. The molecular weight excluding hydrogens is 278 g/mol. The molecule has 0 bridgehead atoms. The van der Waals surface area contributed by atoms with E-state index in [0.717, 1.165) is 36.1 Å². The standard InChI is InChI=1S/C18H21NO3/c1-11-8-14-5-6-16-18(14,15(9-11)17(20)22-16)21-10-13-4-3-7-19-12(13)2/h3-4,7,9,11,14,16H,5-6,8,10H2,1-2H3/t11-,14?,16+,18-/m0/s1. The van der Waals surface area contributed by atoms with Crippen molar-refractivity contribution in [2.45, 2.75) is 51.4 Å². The molecule has 4 rings (SSSR count). The van der Waals surface area contributed by atoms with E-state index in [2.05, 4.69) is 18.0 Å². The van der Waals surface area contributed by atoms with Gasteiger partial charge in [-0.25, -0.2) is 4.79 Å². The maximum atomic E-state index is 12.2. The van der Waals surface area contributed by atoms with Crippen molar-refractivity contribution >= 4 is 5.97 Å². The van der Waals surface area contributed by atoms with Crippen LogP contribution in [0, 0.1) is 18.8 Å². The Morgan fingerprint density at radius 2 is 2.32 bits per heavy atom. The predicted octanol–water partition coefficient (Wildman–Crippen LogP) is 2.95. The minimum absolute atomic E-state index is 0.110. The highest BCUT2D eigenvalue weighted by Gasteiger charge is 2.63. The zero-order valence-electron chi connectivity index (χ0n) is 13.0. The van der Waals surface area contributed by atoms with E-state index in [0.29, 0.717) is 18.4 Å². The molecule has 2 fully saturated rings. The fourth-order valence-electron chi connectivity index (χ4n) is 4.38. The molecule has 0 amide bonds. The highest BCUT2D eigenvalue weighted by molar-refractivity contribution is 5.94. The van der Waals surface area contributed by atoms with E-state index >= 15 is 0 Å². The second-order valence-electron chi connectivity index (χ2n) is 6.79. The van der Waals surface area contributed by atoms with E-state index in [1.165, 1.54) is 0 Å². The molecular formula is C18H21NO3. The molecule has 4 nitrogen and oxygen atoms in total. The molecule has 1 aromatic heterocycles. The van der Waals surface area contributed by atoms with Crippen LogP contribution in [0.5, 0.6) is 0 Å². The van der Waals surface area contributed by atoms with E-state index in [9.17, 15) is 4.79 Å². The number of ether oxygens (including phenoxy) is 2. The summed E-state index contributed by atoms with van der Waals surface area (Å²) >= 11 is 0. The molecule has 3 aliphatic rings. The number of pyridine rings is 1. The molecule has 0 radical (unpaired) electrons. The number of esters is 1. The maximum absolute atomic E-state index is 12.2. The Hall–Kier alpha value is -1.68. The molecule has 0 N–H and O–H groups in total. The average Bonchev–Trinajstić information content (AvgIpc) is 2.97. The summed E-state index contributed by atoms with van der Waals surface area (Å²) in [4.78, 5) is 16.6. The van der Waals surface area contributed by atoms with Crippen molar-refractivity contribution < 1.29 is 14.3 Å². The lowest BCUT2D eigenvalue weighted by atomic mass is 9.73. The number of aromatic nitrogens is 1. The largest absolute Gasteiger partial charge is 0.455 e. The van der Waals surface area contributed by atoms with E-state index in [-0.39, 0.29) is 12.1 Å². The van der Waals surface area contributed by atoms with Crippen LogP contribution in [-0.2, 0) is 20.9 Å². The first-order chi connectivity index (χ1) is 10.6. The summed E-state index contributed by atoms with van der Waals surface area (Å²) < 4.78 is 12.0. The van der Waals surface area contributed by atoms with Gasteiger partial charge < -0.3 is 9.47 Å². The van der Waals surface area contributed by atoms with E-state index in [1.54, 1.807) is 6.20 Å². The fraction of sp³-hybridized carbons (Fsp3) is 0.556. The molecule has 0 aromatic carbocycles. The molecule has 4 heteroatoms. The predicted molar refractivity (Wildman–Crippen MR) is 81.0 cm³/mol. The molecule has 2 aliphatic carbocycles. The molecule has 116 valence electrons. The number of carbonyl (C=O) groups excluding carboxylic acids is 1. The van der Waals surface area contributed by atoms with Crippen molar-refractivity contribution in [1.29, 1.82) is 0 Å². The summed E-state index contributed by atoms with van der Waals surface area (Å²) in [5.41, 5.74) is 2.30. The molecule has 1 aliphatic heterocycles. The summed E-state index contributed by atoms with van der Waals surface area (Å²) in [5.74, 6) is 0.626. The van der Waals surface area contributed by atoms with Crippen LogP contribution in [0.1, 0.15) is 37.4 Å². The molecule has 2 heterocycles. The third-order valence-electron chi connectivity index (χ3n) is 5.44. The van der Waals surface area contributed by atoms with Gasteiger partial charge in [0.2, 0.25) is 0 Å².